The van der Waals surface area contributed by atoms with E-state index in [1.54, 1.807) is 0 Å². The summed E-state index contributed by atoms with van der Waals surface area (Å²) in [5.41, 5.74) is -0.655. The molecule has 4 nitrogen and oxygen atoms in total. The van der Waals surface area contributed by atoms with E-state index in [1.807, 2.05) is 18.7 Å². The van der Waals surface area contributed by atoms with Gasteiger partial charge in [0, 0.05) is 6.04 Å². The first-order valence-corrected chi connectivity index (χ1v) is 7.16. The number of amides is 2. The molecule has 2 atom stereocenters. The highest BCUT2D eigenvalue weighted by atomic mass is 16.2. The van der Waals surface area contributed by atoms with E-state index in [1.165, 1.54) is 12.8 Å². The second-order valence-corrected chi connectivity index (χ2v) is 5.75. The molecule has 1 heterocycles. The molecule has 1 N–H and O–H groups in total. The van der Waals surface area contributed by atoms with Crippen molar-refractivity contribution in [3.05, 3.63) is 0 Å². The number of hydrogen-bond donors (Lipinski definition) is 1. The van der Waals surface area contributed by atoms with Crippen LogP contribution in [0.25, 0.3) is 0 Å². The van der Waals surface area contributed by atoms with Crippen molar-refractivity contribution in [3.8, 4) is 0 Å². The molecule has 0 aromatic carbocycles. The molecule has 1 aliphatic heterocycles. The Hall–Kier alpha value is -1.06. The van der Waals surface area contributed by atoms with Crippen molar-refractivity contribution in [2.45, 2.75) is 64.5 Å². The SMILES string of the molecule is CCC1(CC)NC(=O)CN(C2CCCC2C)C1=O. The van der Waals surface area contributed by atoms with Crippen molar-refractivity contribution in [1.82, 2.24) is 10.2 Å². The third-order valence-electron chi connectivity index (χ3n) is 4.79. The molecule has 0 spiro atoms. The lowest BCUT2D eigenvalue weighted by molar-refractivity contribution is -0.153. The molecule has 4 heteroatoms. The molecule has 102 valence electrons. The van der Waals surface area contributed by atoms with Gasteiger partial charge in [-0.3, -0.25) is 9.59 Å². The number of carbonyl (C=O) groups excluding carboxylic acids is 2. The summed E-state index contributed by atoms with van der Waals surface area (Å²) >= 11 is 0. The molecule has 0 aromatic rings. The van der Waals surface area contributed by atoms with Gasteiger partial charge in [0.1, 0.15) is 5.54 Å². The molecule has 18 heavy (non-hydrogen) atoms. The molecule has 2 fully saturated rings. The lowest BCUT2D eigenvalue weighted by atomic mass is 9.87. The Kier molecular flexibility index (Phi) is 3.64. The highest BCUT2D eigenvalue weighted by molar-refractivity contribution is 5.98. The Morgan fingerprint density at radius 1 is 1.28 bits per heavy atom. The third-order valence-corrected chi connectivity index (χ3v) is 4.79. The van der Waals surface area contributed by atoms with Crippen molar-refractivity contribution in [3.63, 3.8) is 0 Å². The summed E-state index contributed by atoms with van der Waals surface area (Å²) in [4.78, 5) is 26.5. The standard InChI is InChI=1S/C14H24N2O2/c1-4-14(5-2)13(18)16(9-12(17)15-14)11-8-6-7-10(11)3/h10-11H,4-9H2,1-3H3,(H,15,17). The molecular weight excluding hydrogens is 228 g/mol. The van der Waals surface area contributed by atoms with Crippen LogP contribution in [0.1, 0.15) is 52.9 Å². The van der Waals surface area contributed by atoms with Gasteiger partial charge in [-0.25, -0.2) is 0 Å². The quantitative estimate of drug-likeness (QED) is 0.831. The van der Waals surface area contributed by atoms with Gasteiger partial charge in [0.2, 0.25) is 11.8 Å². The fraction of sp³-hybridized carbons (Fsp3) is 0.857. The Morgan fingerprint density at radius 3 is 2.44 bits per heavy atom. The van der Waals surface area contributed by atoms with Crippen LogP contribution in [-0.4, -0.2) is 34.8 Å². The number of piperazine rings is 1. The molecule has 0 bridgehead atoms. The maximum absolute atomic E-state index is 12.7. The van der Waals surface area contributed by atoms with E-state index in [2.05, 4.69) is 12.2 Å². The molecule has 2 aliphatic rings. The summed E-state index contributed by atoms with van der Waals surface area (Å²) in [7, 11) is 0. The Labute approximate surface area is 109 Å². The maximum Gasteiger partial charge on any atom is 0.249 e. The van der Waals surface area contributed by atoms with Crippen molar-refractivity contribution in [2.75, 3.05) is 6.54 Å². The van der Waals surface area contributed by atoms with Gasteiger partial charge in [0.05, 0.1) is 6.54 Å². The van der Waals surface area contributed by atoms with Gasteiger partial charge < -0.3 is 10.2 Å². The number of hydrogen-bond acceptors (Lipinski definition) is 2. The fourth-order valence-electron chi connectivity index (χ4n) is 3.45. The lowest BCUT2D eigenvalue weighted by Crippen LogP contribution is -2.68. The Bertz CT molecular complexity index is 350. The van der Waals surface area contributed by atoms with E-state index in [9.17, 15) is 9.59 Å². The monoisotopic (exact) mass is 252 g/mol. The largest absolute Gasteiger partial charge is 0.340 e. The maximum atomic E-state index is 12.7. The van der Waals surface area contributed by atoms with Gasteiger partial charge >= 0.3 is 0 Å². The molecule has 0 aromatic heterocycles. The van der Waals surface area contributed by atoms with Crippen LogP contribution in [0.2, 0.25) is 0 Å². The predicted molar refractivity (Wildman–Crippen MR) is 70.0 cm³/mol. The second-order valence-electron chi connectivity index (χ2n) is 5.75. The predicted octanol–water partition coefficient (Wildman–Crippen LogP) is 1.69. The van der Waals surface area contributed by atoms with Crippen LogP contribution in [0.3, 0.4) is 0 Å². The zero-order valence-corrected chi connectivity index (χ0v) is 11.7. The summed E-state index contributed by atoms with van der Waals surface area (Å²) in [6.07, 6.45) is 4.73. The Balaban J connectivity index is 2.25. The minimum absolute atomic E-state index is 0.00241. The zero-order chi connectivity index (χ0) is 13.3. The van der Waals surface area contributed by atoms with Crippen LogP contribution in [0.4, 0.5) is 0 Å². The van der Waals surface area contributed by atoms with E-state index >= 15 is 0 Å². The smallest absolute Gasteiger partial charge is 0.249 e. The molecular formula is C14H24N2O2. The van der Waals surface area contributed by atoms with E-state index < -0.39 is 5.54 Å². The van der Waals surface area contributed by atoms with Crippen molar-refractivity contribution in [2.24, 2.45) is 5.92 Å². The van der Waals surface area contributed by atoms with Crippen molar-refractivity contribution in [1.29, 1.82) is 0 Å². The summed E-state index contributed by atoms with van der Waals surface area (Å²) in [6, 6.07) is 0.265. The van der Waals surface area contributed by atoms with Crippen LogP contribution in [-0.2, 0) is 9.59 Å². The second kappa shape index (κ2) is 4.90. The summed E-state index contributed by atoms with van der Waals surface area (Å²) in [5, 5.41) is 2.92. The van der Waals surface area contributed by atoms with Crippen LogP contribution in [0.5, 0.6) is 0 Å². The molecule has 0 radical (unpaired) electrons. The summed E-state index contributed by atoms with van der Waals surface area (Å²) in [6.45, 7) is 6.39. The van der Waals surface area contributed by atoms with Gasteiger partial charge in [0.15, 0.2) is 0 Å². The van der Waals surface area contributed by atoms with Crippen molar-refractivity contribution < 1.29 is 9.59 Å². The average molecular weight is 252 g/mol. The molecule has 1 saturated heterocycles. The van der Waals surface area contributed by atoms with E-state index in [4.69, 9.17) is 0 Å². The minimum atomic E-state index is -0.655. The number of nitrogens with zero attached hydrogens (tertiary/aromatic N) is 1. The fourth-order valence-corrected chi connectivity index (χ4v) is 3.45. The highest BCUT2D eigenvalue weighted by Gasteiger charge is 2.47. The number of rotatable bonds is 3. The van der Waals surface area contributed by atoms with E-state index in [0.29, 0.717) is 18.8 Å². The first-order valence-electron chi connectivity index (χ1n) is 7.16. The number of nitrogens with one attached hydrogen (secondary N) is 1. The van der Waals surface area contributed by atoms with Crippen LogP contribution in [0.15, 0.2) is 0 Å². The lowest BCUT2D eigenvalue weighted by Gasteiger charge is -2.44. The first kappa shape index (κ1) is 13.4. The average Bonchev–Trinajstić information content (AvgIpc) is 2.78. The van der Waals surface area contributed by atoms with E-state index in [-0.39, 0.29) is 24.4 Å². The third kappa shape index (κ3) is 2.02. The molecule has 2 rings (SSSR count). The summed E-state index contributed by atoms with van der Waals surface area (Å²) in [5.74, 6) is 0.648. The van der Waals surface area contributed by atoms with E-state index in [0.717, 1.165) is 6.42 Å². The van der Waals surface area contributed by atoms with Crippen LogP contribution < -0.4 is 5.32 Å². The van der Waals surface area contributed by atoms with Crippen molar-refractivity contribution >= 4 is 11.8 Å². The van der Waals surface area contributed by atoms with Crippen LogP contribution >= 0.6 is 0 Å². The van der Waals surface area contributed by atoms with Gasteiger partial charge in [-0.2, -0.15) is 0 Å². The molecule has 1 aliphatic carbocycles. The van der Waals surface area contributed by atoms with Gasteiger partial charge in [-0.15, -0.1) is 0 Å². The minimum Gasteiger partial charge on any atom is -0.340 e. The van der Waals surface area contributed by atoms with Gasteiger partial charge in [0.25, 0.3) is 0 Å². The number of carbonyl (C=O) groups is 2. The zero-order valence-electron chi connectivity index (χ0n) is 11.7. The summed E-state index contributed by atoms with van der Waals surface area (Å²) < 4.78 is 0. The highest BCUT2D eigenvalue weighted by Crippen LogP contribution is 2.33. The molecule has 1 saturated carbocycles. The Morgan fingerprint density at radius 2 is 1.94 bits per heavy atom. The molecule has 2 unspecified atom stereocenters. The van der Waals surface area contributed by atoms with Crippen LogP contribution in [0, 0.1) is 5.92 Å². The molecule has 2 amide bonds. The van der Waals surface area contributed by atoms with Gasteiger partial charge in [-0.1, -0.05) is 27.2 Å². The first-order chi connectivity index (χ1) is 8.54. The van der Waals surface area contributed by atoms with Gasteiger partial charge in [-0.05, 0) is 31.6 Å². The normalized spacial score (nSPS) is 31.6. The topological polar surface area (TPSA) is 49.4 Å².